The molecule has 0 saturated heterocycles. The normalized spacial score (nSPS) is 12.2. The number of hydrogen-bond acceptors (Lipinski definition) is 3. The molecular weight excluding hydrogens is 300 g/mol. The first-order valence-corrected chi connectivity index (χ1v) is 8.32. The maximum atomic E-state index is 12.5. The molecule has 2 aromatic heterocycles. The van der Waals surface area contributed by atoms with Crippen LogP contribution in [-0.4, -0.2) is 20.5 Å². The van der Waals surface area contributed by atoms with E-state index in [0.717, 1.165) is 35.4 Å². The van der Waals surface area contributed by atoms with Gasteiger partial charge in [0.05, 0.1) is 12.5 Å². The summed E-state index contributed by atoms with van der Waals surface area (Å²) in [6.07, 6.45) is 4.09. The van der Waals surface area contributed by atoms with Crippen LogP contribution in [0.1, 0.15) is 42.8 Å². The van der Waals surface area contributed by atoms with E-state index in [4.69, 9.17) is 0 Å². The smallest absolute Gasteiger partial charge is 0.225 e. The van der Waals surface area contributed by atoms with Gasteiger partial charge in [0.2, 0.25) is 5.91 Å². The predicted octanol–water partition coefficient (Wildman–Crippen LogP) is 3.24. The van der Waals surface area contributed by atoms with E-state index in [-0.39, 0.29) is 11.9 Å². The van der Waals surface area contributed by atoms with E-state index >= 15 is 0 Å². The van der Waals surface area contributed by atoms with Gasteiger partial charge in [-0.2, -0.15) is 0 Å². The lowest BCUT2D eigenvalue weighted by molar-refractivity contribution is -0.121. The zero-order valence-electron chi connectivity index (χ0n) is 14.1. The molecule has 1 aromatic carbocycles. The average molecular weight is 322 g/mol. The Kier molecular flexibility index (Phi) is 4.89. The quantitative estimate of drug-likeness (QED) is 0.758. The van der Waals surface area contributed by atoms with Gasteiger partial charge in [0, 0.05) is 6.20 Å². The molecule has 0 aliphatic carbocycles. The van der Waals surface area contributed by atoms with Gasteiger partial charge in [0.1, 0.15) is 0 Å². The number of carbonyl (C=O) groups excluding carboxylic acids is 1. The second kappa shape index (κ2) is 7.25. The SMILES string of the molecule is CCC[C@@H](NC(=O)Cc1ccccc1C)c1nnc2ccccn12. The van der Waals surface area contributed by atoms with Gasteiger partial charge in [-0.05, 0) is 36.6 Å². The number of nitrogens with one attached hydrogen (secondary N) is 1. The predicted molar refractivity (Wildman–Crippen MR) is 93.7 cm³/mol. The highest BCUT2D eigenvalue weighted by Crippen LogP contribution is 2.18. The summed E-state index contributed by atoms with van der Waals surface area (Å²) in [5.74, 6) is 0.793. The maximum Gasteiger partial charge on any atom is 0.225 e. The van der Waals surface area contributed by atoms with Crippen LogP contribution < -0.4 is 5.32 Å². The Labute approximate surface area is 141 Å². The maximum absolute atomic E-state index is 12.5. The Morgan fingerprint density at radius 3 is 2.75 bits per heavy atom. The van der Waals surface area contributed by atoms with Crippen molar-refractivity contribution < 1.29 is 4.79 Å². The number of benzene rings is 1. The number of amides is 1. The molecule has 124 valence electrons. The molecule has 0 unspecified atom stereocenters. The first-order valence-electron chi connectivity index (χ1n) is 8.32. The van der Waals surface area contributed by atoms with Gasteiger partial charge >= 0.3 is 0 Å². The lowest BCUT2D eigenvalue weighted by atomic mass is 10.0. The highest BCUT2D eigenvalue weighted by Gasteiger charge is 2.19. The van der Waals surface area contributed by atoms with Crippen molar-refractivity contribution in [1.29, 1.82) is 0 Å². The van der Waals surface area contributed by atoms with E-state index in [1.165, 1.54) is 0 Å². The number of rotatable bonds is 6. The van der Waals surface area contributed by atoms with Crippen LogP contribution >= 0.6 is 0 Å². The molecule has 0 fully saturated rings. The molecule has 3 aromatic rings. The van der Waals surface area contributed by atoms with Gasteiger partial charge in [-0.25, -0.2) is 0 Å². The van der Waals surface area contributed by atoms with Gasteiger partial charge < -0.3 is 5.32 Å². The Morgan fingerprint density at radius 2 is 1.96 bits per heavy atom. The highest BCUT2D eigenvalue weighted by atomic mass is 16.1. The van der Waals surface area contributed by atoms with Crippen LogP contribution in [0.4, 0.5) is 0 Å². The Bertz CT molecular complexity index is 840. The fourth-order valence-corrected chi connectivity index (χ4v) is 2.88. The van der Waals surface area contributed by atoms with Crippen LogP contribution in [-0.2, 0) is 11.2 Å². The zero-order chi connectivity index (χ0) is 16.9. The van der Waals surface area contributed by atoms with Crippen molar-refractivity contribution in [2.24, 2.45) is 0 Å². The molecule has 5 heteroatoms. The minimum absolute atomic E-state index is 0.00966. The summed E-state index contributed by atoms with van der Waals surface area (Å²) in [6, 6.07) is 13.6. The summed E-state index contributed by atoms with van der Waals surface area (Å²) in [6.45, 7) is 4.13. The van der Waals surface area contributed by atoms with Crippen LogP contribution in [0.5, 0.6) is 0 Å². The molecule has 1 atom stereocenters. The standard InChI is InChI=1S/C19H22N4O/c1-3-8-16(19-22-21-17-11-6-7-12-23(17)19)20-18(24)13-15-10-5-4-9-14(15)2/h4-7,9-12,16H,3,8,13H2,1-2H3,(H,20,24)/t16-/m1/s1. The molecule has 5 nitrogen and oxygen atoms in total. The molecule has 24 heavy (non-hydrogen) atoms. The largest absolute Gasteiger partial charge is 0.346 e. The number of fused-ring (bicyclic) bond motifs is 1. The summed E-state index contributed by atoms with van der Waals surface area (Å²) in [4.78, 5) is 12.5. The van der Waals surface area contributed by atoms with Crippen LogP contribution in [0.2, 0.25) is 0 Å². The van der Waals surface area contributed by atoms with Gasteiger partial charge in [0.25, 0.3) is 0 Å². The van der Waals surface area contributed by atoms with E-state index in [9.17, 15) is 4.79 Å². The van der Waals surface area contributed by atoms with Crippen molar-refractivity contribution in [2.75, 3.05) is 0 Å². The fourth-order valence-electron chi connectivity index (χ4n) is 2.88. The van der Waals surface area contributed by atoms with Gasteiger partial charge in [-0.3, -0.25) is 9.20 Å². The van der Waals surface area contributed by atoms with Crippen LogP contribution in [0.3, 0.4) is 0 Å². The summed E-state index contributed by atoms with van der Waals surface area (Å²) < 4.78 is 1.94. The molecule has 0 saturated carbocycles. The van der Waals surface area contributed by atoms with Crippen molar-refractivity contribution in [3.63, 3.8) is 0 Å². The fraction of sp³-hybridized carbons (Fsp3) is 0.316. The molecule has 0 spiro atoms. The number of carbonyl (C=O) groups is 1. The zero-order valence-corrected chi connectivity index (χ0v) is 14.1. The topological polar surface area (TPSA) is 59.3 Å². The lowest BCUT2D eigenvalue weighted by Crippen LogP contribution is -2.31. The van der Waals surface area contributed by atoms with E-state index in [1.54, 1.807) is 0 Å². The third kappa shape index (κ3) is 3.45. The second-order valence-electron chi connectivity index (χ2n) is 6.00. The monoisotopic (exact) mass is 322 g/mol. The summed E-state index contributed by atoms with van der Waals surface area (Å²) in [5, 5.41) is 11.6. The number of hydrogen-bond donors (Lipinski definition) is 1. The molecule has 2 heterocycles. The van der Waals surface area contributed by atoms with Crippen molar-refractivity contribution >= 4 is 11.6 Å². The molecule has 0 aliphatic heterocycles. The number of aromatic nitrogens is 3. The van der Waals surface area contributed by atoms with Crippen LogP contribution in [0.15, 0.2) is 48.7 Å². The van der Waals surface area contributed by atoms with Crippen LogP contribution in [0.25, 0.3) is 5.65 Å². The Balaban J connectivity index is 1.79. The minimum Gasteiger partial charge on any atom is -0.346 e. The van der Waals surface area contributed by atoms with Crippen molar-refractivity contribution in [3.05, 3.63) is 65.6 Å². The minimum atomic E-state index is -0.135. The molecule has 1 N–H and O–H groups in total. The van der Waals surface area contributed by atoms with E-state index < -0.39 is 0 Å². The van der Waals surface area contributed by atoms with Crippen molar-refractivity contribution in [1.82, 2.24) is 19.9 Å². The Hall–Kier alpha value is -2.69. The summed E-state index contributed by atoms with van der Waals surface area (Å²) >= 11 is 0. The average Bonchev–Trinajstić information content (AvgIpc) is 3.00. The number of pyridine rings is 1. The highest BCUT2D eigenvalue weighted by molar-refractivity contribution is 5.79. The molecule has 3 rings (SSSR count). The molecule has 0 bridgehead atoms. The summed E-state index contributed by atoms with van der Waals surface area (Å²) in [5.41, 5.74) is 2.98. The summed E-state index contributed by atoms with van der Waals surface area (Å²) in [7, 11) is 0. The first-order chi connectivity index (χ1) is 11.7. The third-order valence-electron chi connectivity index (χ3n) is 4.18. The molecular formula is C19H22N4O. The molecule has 0 radical (unpaired) electrons. The van der Waals surface area contributed by atoms with Crippen molar-refractivity contribution in [3.8, 4) is 0 Å². The van der Waals surface area contributed by atoms with E-state index in [1.807, 2.05) is 60.0 Å². The molecule has 0 aliphatic rings. The second-order valence-corrected chi connectivity index (χ2v) is 6.00. The van der Waals surface area contributed by atoms with Gasteiger partial charge in [-0.15, -0.1) is 10.2 Å². The van der Waals surface area contributed by atoms with E-state index in [2.05, 4.69) is 22.4 Å². The van der Waals surface area contributed by atoms with Crippen molar-refractivity contribution in [2.45, 2.75) is 39.2 Å². The molecule has 1 amide bonds. The van der Waals surface area contributed by atoms with E-state index in [0.29, 0.717) is 6.42 Å². The van der Waals surface area contributed by atoms with Crippen LogP contribution in [0, 0.1) is 6.92 Å². The lowest BCUT2D eigenvalue weighted by Gasteiger charge is -2.17. The first kappa shape index (κ1) is 16.2. The Morgan fingerprint density at radius 1 is 1.17 bits per heavy atom. The third-order valence-corrected chi connectivity index (χ3v) is 4.18. The number of nitrogens with zero attached hydrogens (tertiary/aromatic N) is 3. The number of aryl methyl sites for hydroxylation is 1. The van der Waals surface area contributed by atoms with Gasteiger partial charge in [0.15, 0.2) is 11.5 Å². The van der Waals surface area contributed by atoms with Gasteiger partial charge in [-0.1, -0.05) is 43.7 Å².